The van der Waals surface area contributed by atoms with E-state index in [0.29, 0.717) is 19.0 Å². The van der Waals surface area contributed by atoms with Crippen LogP contribution in [0.15, 0.2) is 24.3 Å². The molecule has 0 bridgehead atoms. The number of ether oxygens (including phenoxy) is 1. The lowest BCUT2D eigenvalue weighted by molar-refractivity contribution is 0.170. The third-order valence-corrected chi connectivity index (χ3v) is 5.21. The molecule has 2 aromatic rings. The van der Waals surface area contributed by atoms with E-state index in [0.717, 1.165) is 24.5 Å². The number of hydrogen-bond acceptors (Lipinski definition) is 5. The van der Waals surface area contributed by atoms with Gasteiger partial charge in [0.1, 0.15) is 18.2 Å². The van der Waals surface area contributed by atoms with Gasteiger partial charge in [0, 0.05) is 0 Å². The topological polar surface area (TPSA) is 63.4 Å². The van der Waals surface area contributed by atoms with Crippen molar-refractivity contribution in [2.45, 2.75) is 64.6 Å². The predicted molar refractivity (Wildman–Crippen MR) is 106 cm³/mol. The lowest BCUT2D eigenvalue weighted by atomic mass is 9.87. The van der Waals surface area contributed by atoms with Crippen molar-refractivity contribution < 1.29 is 9.84 Å². The van der Waals surface area contributed by atoms with E-state index in [1.807, 2.05) is 16.8 Å². The molecule has 1 N–H and O–H groups in total. The van der Waals surface area contributed by atoms with E-state index in [9.17, 15) is 5.11 Å². The maximum absolute atomic E-state index is 9.38. The van der Waals surface area contributed by atoms with Gasteiger partial charge >= 0.3 is 0 Å². The number of hydrogen-bond donors (Lipinski definition) is 1. The first kappa shape index (κ1) is 19.8. The van der Waals surface area contributed by atoms with E-state index < -0.39 is 0 Å². The van der Waals surface area contributed by atoms with Gasteiger partial charge in [0.15, 0.2) is 5.82 Å². The van der Waals surface area contributed by atoms with Gasteiger partial charge in [0.25, 0.3) is 0 Å². The third kappa shape index (κ3) is 4.87. The molecule has 1 aromatic heterocycles. The molecule has 1 unspecified atom stereocenters. The highest BCUT2D eigenvalue weighted by Crippen LogP contribution is 2.29. The molecule has 3 rings (SSSR count). The maximum Gasteiger partial charge on any atom is 0.188 e. The largest absolute Gasteiger partial charge is 0.486 e. The molecule has 27 heavy (non-hydrogen) atoms. The van der Waals surface area contributed by atoms with Crippen LogP contribution in [0, 0.1) is 0 Å². The fraction of sp³-hybridized carbons (Fsp3) is 0.619. The first-order valence-corrected chi connectivity index (χ1v) is 9.86. The lowest BCUT2D eigenvalue weighted by Gasteiger charge is -2.31. The second-order valence-corrected chi connectivity index (χ2v) is 8.39. The van der Waals surface area contributed by atoms with Crippen molar-refractivity contribution in [1.29, 1.82) is 0 Å². The van der Waals surface area contributed by atoms with E-state index >= 15 is 0 Å². The number of aromatic nitrogens is 3. The first-order valence-electron chi connectivity index (χ1n) is 9.86. The van der Waals surface area contributed by atoms with Gasteiger partial charge in [-0.1, -0.05) is 39.3 Å². The molecule has 6 nitrogen and oxygen atoms in total. The summed E-state index contributed by atoms with van der Waals surface area (Å²) < 4.78 is 7.75. The number of aliphatic hydroxyl groups is 1. The molecular formula is C21H32N4O2. The zero-order valence-electron chi connectivity index (χ0n) is 17.0. The number of likely N-dealkylation sites (tertiary alicyclic amines) is 1. The van der Waals surface area contributed by atoms with Crippen LogP contribution in [0.4, 0.5) is 0 Å². The monoisotopic (exact) mass is 372 g/mol. The van der Waals surface area contributed by atoms with Gasteiger partial charge in [0.05, 0.1) is 19.2 Å². The summed E-state index contributed by atoms with van der Waals surface area (Å²) in [7, 11) is 2.13. The zero-order chi connectivity index (χ0) is 19.4. The molecule has 0 aliphatic carbocycles. The summed E-state index contributed by atoms with van der Waals surface area (Å²) in [6, 6.07) is 8.48. The zero-order valence-corrected chi connectivity index (χ0v) is 17.0. The second-order valence-electron chi connectivity index (χ2n) is 8.39. The highest BCUT2D eigenvalue weighted by molar-refractivity contribution is 5.31. The third-order valence-electron chi connectivity index (χ3n) is 5.21. The standard InChI is InChI=1S/C21H32N4O2/c1-21(2,3)16-8-10-17(11-9-16)27-15-19-22-20(25(23-19)13-14-26)18-7-5-6-12-24(18)4/h8-11,18,26H,5-7,12-15H2,1-4H3. The molecule has 0 amide bonds. The number of benzene rings is 1. The number of rotatable bonds is 6. The Hall–Kier alpha value is -1.92. The summed E-state index contributed by atoms with van der Waals surface area (Å²) >= 11 is 0. The fourth-order valence-corrected chi connectivity index (χ4v) is 3.57. The van der Waals surface area contributed by atoms with Crippen LogP contribution in [0.1, 0.15) is 63.3 Å². The van der Waals surface area contributed by atoms with Gasteiger partial charge in [0.2, 0.25) is 0 Å². The lowest BCUT2D eigenvalue weighted by Crippen LogP contribution is -2.32. The van der Waals surface area contributed by atoms with Crippen LogP contribution in [0.5, 0.6) is 5.75 Å². The predicted octanol–water partition coefficient (Wildman–Crippen LogP) is 3.30. The Morgan fingerprint density at radius 1 is 1.19 bits per heavy atom. The average molecular weight is 373 g/mol. The molecule has 1 aliphatic rings. The first-order chi connectivity index (χ1) is 12.9. The van der Waals surface area contributed by atoms with Gasteiger partial charge in [-0.15, -0.1) is 0 Å². The highest BCUT2D eigenvalue weighted by Gasteiger charge is 2.26. The summed E-state index contributed by atoms with van der Waals surface area (Å²) in [4.78, 5) is 7.08. The number of aliphatic hydroxyl groups excluding tert-OH is 1. The molecule has 1 aromatic carbocycles. The quantitative estimate of drug-likeness (QED) is 0.843. The molecule has 1 fully saturated rings. The molecule has 6 heteroatoms. The Bertz CT molecular complexity index is 734. The molecule has 2 heterocycles. The highest BCUT2D eigenvalue weighted by atomic mass is 16.5. The van der Waals surface area contributed by atoms with Crippen molar-refractivity contribution in [2.24, 2.45) is 0 Å². The Balaban J connectivity index is 1.70. The van der Waals surface area contributed by atoms with Gasteiger partial charge in [-0.2, -0.15) is 5.10 Å². The van der Waals surface area contributed by atoms with Crippen molar-refractivity contribution in [3.8, 4) is 5.75 Å². The molecule has 0 radical (unpaired) electrons. The van der Waals surface area contributed by atoms with E-state index in [2.05, 4.69) is 50.0 Å². The normalized spacial score (nSPS) is 18.6. The molecule has 0 saturated carbocycles. The van der Waals surface area contributed by atoms with Crippen LogP contribution in [0.3, 0.4) is 0 Å². The second kappa shape index (κ2) is 8.40. The van der Waals surface area contributed by atoms with Crippen LogP contribution in [-0.2, 0) is 18.6 Å². The molecule has 0 spiro atoms. The molecule has 148 valence electrons. The van der Waals surface area contributed by atoms with Gasteiger partial charge < -0.3 is 9.84 Å². The SMILES string of the molecule is CN1CCCCC1c1nc(COc2ccc(C(C)(C)C)cc2)nn1CCO. The van der Waals surface area contributed by atoms with Crippen molar-refractivity contribution in [1.82, 2.24) is 19.7 Å². The van der Waals surface area contributed by atoms with Crippen molar-refractivity contribution in [3.63, 3.8) is 0 Å². The summed E-state index contributed by atoms with van der Waals surface area (Å²) in [5.74, 6) is 2.42. The van der Waals surface area contributed by atoms with E-state index in [4.69, 9.17) is 9.72 Å². The Morgan fingerprint density at radius 3 is 2.56 bits per heavy atom. The van der Waals surface area contributed by atoms with Gasteiger partial charge in [-0.3, -0.25) is 4.90 Å². The fourth-order valence-electron chi connectivity index (χ4n) is 3.57. The summed E-state index contributed by atoms with van der Waals surface area (Å²) in [6.45, 7) is 8.52. The van der Waals surface area contributed by atoms with E-state index in [-0.39, 0.29) is 18.1 Å². The van der Waals surface area contributed by atoms with E-state index in [1.165, 1.54) is 18.4 Å². The molecular weight excluding hydrogens is 340 g/mol. The van der Waals surface area contributed by atoms with Crippen LogP contribution in [0.2, 0.25) is 0 Å². The summed E-state index contributed by atoms with van der Waals surface area (Å²) in [6.07, 6.45) is 3.50. The Labute approximate surface area is 162 Å². The van der Waals surface area contributed by atoms with Crippen LogP contribution < -0.4 is 4.74 Å². The maximum atomic E-state index is 9.38. The van der Waals surface area contributed by atoms with Crippen molar-refractivity contribution >= 4 is 0 Å². The van der Waals surface area contributed by atoms with Crippen LogP contribution in [0.25, 0.3) is 0 Å². The van der Waals surface area contributed by atoms with Crippen LogP contribution >= 0.6 is 0 Å². The Morgan fingerprint density at radius 2 is 1.93 bits per heavy atom. The minimum Gasteiger partial charge on any atom is -0.486 e. The van der Waals surface area contributed by atoms with Crippen molar-refractivity contribution in [2.75, 3.05) is 20.2 Å². The minimum absolute atomic E-state index is 0.0569. The molecule has 1 saturated heterocycles. The molecule has 1 aliphatic heterocycles. The Kier molecular flexibility index (Phi) is 6.17. The summed E-state index contributed by atoms with van der Waals surface area (Å²) in [5.41, 5.74) is 1.41. The summed E-state index contributed by atoms with van der Waals surface area (Å²) in [5, 5.41) is 14.0. The van der Waals surface area contributed by atoms with Crippen LogP contribution in [-0.4, -0.2) is 45.0 Å². The van der Waals surface area contributed by atoms with E-state index in [1.54, 1.807) is 0 Å². The smallest absolute Gasteiger partial charge is 0.188 e. The van der Waals surface area contributed by atoms with Gasteiger partial charge in [-0.05, 0) is 49.5 Å². The number of piperidine rings is 1. The minimum atomic E-state index is 0.0569. The number of nitrogens with zero attached hydrogens (tertiary/aromatic N) is 4. The molecule has 1 atom stereocenters. The average Bonchev–Trinajstić information content (AvgIpc) is 3.03. The van der Waals surface area contributed by atoms with Crippen molar-refractivity contribution in [3.05, 3.63) is 41.5 Å². The van der Waals surface area contributed by atoms with Gasteiger partial charge in [-0.25, -0.2) is 9.67 Å².